The lowest BCUT2D eigenvalue weighted by Crippen LogP contribution is -2.39. The first-order valence-electron chi connectivity index (χ1n) is 8.81. The van der Waals surface area contributed by atoms with Gasteiger partial charge in [-0.3, -0.25) is 23.7 Å². The predicted octanol–water partition coefficient (Wildman–Crippen LogP) is -0.166. The SMILES string of the molecule is CC(=O)OCCC1OC(n2cnc3c(=O)[nH]cnc32)C(OC(C)=O)C1OC(C)=O. The zero-order chi connectivity index (χ0) is 21.1. The van der Waals surface area contributed by atoms with Crippen LogP contribution in [0.15, 0.2) is 17.4 Å². The van der Waals surface area contributed by atoms with Gasteiger partial charge < -0.3 is 23.9 Å². The molecule has 0 saturated carbocycles. The van der Waals surface area contributed by atoms with Crippen molar-refractivity contribution < 1.29 is 33.3 Å². The van der Waals surface area contributed by atoms with Crippen molar-refractivity contribution in [1.82, 2.24) is 19.5 Å². The number of carbonyl (C=O) groups excluding carboxylic acids is 3. The molecule has 0 amide bonds. The molecule has 2 aromatic heterocycles. The molecule has 1 aliphatic heterocycles. The Morgan fingerprint density at radius 3 is 2.45 bits per heavy atom. The minimum absolute atomic E-state index is 0.0138. The van der Waals surface area contributed by atoms with Crippen molar-refractivity contribution in [1.29, 1.82) is 0 Å². The standard InChI is InChI=1S/C17H20N4O8/c1-8(22)26-5-4-11-13(27-9(2)23)14(28-10(3)24)17(29-11)21-7-20-12-15(21)18-6-19-16(12)25/h6-7,11,13-14,17H,4-5H2,1-3H3,(H,18,19,25). The van der Waals surface area contributed by atoms with Crippen LogP contribution in [0.1, 0.15) is 33.4 Å². The predicted molar refractivity (Wildman–Crippen MR) is 94.4 cm³/mol. The van der Waals surface area contributed by atoms with Crippen LogP contribution in [-0.4, -0.2) is 62.3 Å². The number of carbonyl (C=O) groups is 3. The van der Waals surface area contributed by atoms with E-state index in [2.05, 4.69) is 15.0 Å². The summed E-state index contributed by atoms with van der Waals surface area (Å²) in [5, 5.41) is 0. The maximum Gasteiger partial charge on any atom is 0.303 e. The van der Waals surface area contributed by atoms with E-state index in [1.165, 1.54) is 38.0 Å². The number of ether oxygens (including phenoxy) is 4. The van der Waals surface area contributed by atoms with Crippen LogP contribution in [0, 0.1) is 0 Å². The average Bonchev–Trinajstić information content (AvgIpc) is 3.18. The van der Waals surface area contributed by atoms with Gasteiger partial charge in [0.2, 0.25) is 0 Å². The molecular weight excluding hydrogens is 388 g/mol. The van der Waals surface area contributed by atoms with E-state index in [1.54, 1.807) is 0 Å². The van der Waals surface area contributed by atoms with E-state index in [4.69, 9.17) is 18.9 Å². The highest BCUT2D eigenvalue weighted by molar-refractivity contribution is 5.69. The normalized spacial score (nSPS) is 23.7. The highest BCUT2D eigenvalue weighted by atomic mass is 16.6. The van der Waals surface area contributed by atoms with Crippen LogP contribution in [0.25, 0.3) is 11.2 Å². The number of nitrogens with one attached hydrogen (secondary N) is 1. The second kappa shape index (κ2) is 8.39. The quantitative estimate of drug-likeness (QED) is 0.504. The third-order valence-electron chi connectivity index (χ3n) is 4.24. The fourth-order valence-corrected chi connectivity index (χ4v) is 3.18. The molecule has 0 aliphatic carbocycles. The Morgan fingerprint density at radius 1 is 1.10 bits per heavy atom. The van der Waals surface area contributed by atoms with Gasteiger partial charge in [-0.25, -0.2) is 9.97 Å². The van der Waals surface area contributed by atoms with Gasteiger partial charge in [0.25, 0.3) is 5.56 Å². The number of H-pyrrole nitrogens is 1. The summed E-state index contributed by atoms with van der Waals surface area (Å²) >= 11 is 0. The van der Waals surface area contributed by atoms with Crippen molar-refractivity contribution in [3.8, 4) is 0 Å². The summed E-state index contributed by atoms with van der Waals surface area (Å²) in [4.78, 5) is 56.8. The summed E-state index contributed by atoms with van der Waals surface area (Å²) in [6.45, 7) is 3.71. The number of esters is 3. The molecule has 0 aromatic carbocycles. The Morgan fingerprint density at radius 2 is 1.79 bits per heavy atom. The van der Waals surface area contributed by atoms with Crippen molar-refractivity contribution in [2.24, 2.45) is 0 Å². The minimum Gasteiger partial charge on any atom is -0.466 e. The zero-order valence-electron chi connectivity index (χ0n) is 16.0. The Bertz CT molecular complexity index is 983. The zero-order valence-corrected chi connectivity index (χ0v) is 16.0. The fraction of sp³-hybridized carbons (Fsp3) is 0.529. The molecule has 2 aromatic rings. The first-order valence-corrected chi connectivity index (χ1v) is 8.81. The molecule has 12 heteroatoms. The van der Waals surface area contributed by atoms with Gasteiger partial charge in [-0.2, -0.15) is 0 Å². The van der Waals surface area contributed by atoms with Crippen LogP contribution in [0.4, 0.5) is 0 Å². The third kappa shape index (κ3) is 4.42. The molecule has 156 valence electrons. The second-order valence-corrected chi connectivity index (χ2v) is 6.40. The van der Waals surface area contributed by atoms with Crippen LogP contribution in [0.2, 0.25) is 0 Å². The van der Waals surface area contributed by atoms with E-state index >= 15 is 0 Å². The molecule has 12 nitrogen and oxygen atoms in total. The van der Waals surface area contributed by atoms with E-state index in [0.717, 1.165) is 0 Å². The number of imidazole rings is 1. The fourth-order valence-electron chi connectivity index (χ4n) is 3.18. The second-order valence-electron chi connectivity index (χ2n) is 6.40. The molecule has 0 bridgehead atoms. The van der Waals surface area contributed by atoms with Crippen molar-refractivity contribution in [3.63, 3.8) is 0 Å². The van der Waals surface area contributed by atoms with Crippen LogP contribution < -0.4 is 5.56 Å². The number of hydrogen-bond acceptors (Lipinski definition) is 10. The van der Waals surface area contributed by atoms with Gasteiger partial charge in [0.05, 0.1) is 19.3 Å². The number of fused-ring (bicyclic) bond motifs is 1. The summed E-state index contributed by atoms with van der Waals surface area (Å²) < 4.78 is 23.1. The molecule has 1 N–H and O–H groups in total. The van der Waals surface area contributed by atoms with Crippen molar-refractivity contribution >= 4 is 29.1 Å². The summed E-state index contributed by atoms with van der Waals surface area (Å²) in [6, 6.07) is 0. The lowest BCUT2D eigenvalue weighted by atomic mass is 10.1. The Kier molecular flexibility index (Phi) is 5.92. The molecular formula is C17H20N4O8. The van der Waals surface area contributed by atoms with E-state index < -0.39 is 48.0 Å². The summed E-state index contributed by atoms with van der Waals surface area (Å²) in [5.74, 6) is -1.68. The molecule has 3 rings (SSSR count). The van der Waals surface area contributed by atoms with E-state index in [0.29, 0.717) is 0 Å². The van der Waals surface area contributed by atoms with Gasteiger partial charge >= 0.3 is 17.9 Å². The Labute approximate surface area is 164 Å². The first-order chi connectivity index (χ1) is 13.8. The van der Waals surface area contributed by atoms with Crippen LogP contribution in [0.3, 0.4) is 0 Å². The molecule has 4 unspecified atom stereocenters. The van der Waals surface area contributed by atoms with Crippen molar-refractivity contribution in [3.05, 3.63) is 23.0 Å². The van der Waals surface area contributed by atoms with Crippen molar-refractivity contribution in [2.75, 3.05) is 6.61 Å². The monoisotopic (exact) mass is 408 g/mol. The van der Waals surface area contributed by atoms with E-state index in [9.17, 15) is 19.2 Å². The number of hydrogen-bond donors (Lipinski definition) is 1. The summed E-state index contributed by atoms with van der Waals surface area (Å²) in [7, 11) is 0. The summed E-state index contributed by atoms with van der Waals surface area (Å²) in [6.07, 6.45) is -0.981. The lowest BCUT2D eigenvalue weighted by molar-refractivity contribution is -0.165. The largest absolute Gasteiger partial charge is 0.466 e. The molecule has 1 aliphatic rings. The number of rotatable bonds is 6. The van der Waals surface area contributed by atoms with Crippen LogP contribution in [-0.2, 0) is 33.3 Å². The molecule has 4 atom stereocenters. The van der Waals surface area contributed by atoms with Gasteiger partial charge in [-0.1, -0.05) is 0 Å². The van der Waals surface area contributed by atoms with E-state index in [-0.39, 0.29) is 24.2 Å². The average molecular weight is 408 g/mol. The van der Waals surface area contributed by atoms with Crippen molar-refractivity contribution in [2.45, 2.75) is 51.7 Å². The number of aromatic nitrogens is 4. The van der Waals surface area contributed by atoms with Gasteiger partial charge in [0.15, 0.2) is 29.6 Å². The topological polar surface area (TPSA) is 152 Å². The van der Waals surface area contributed by atoms with Gasteiger partial charge in [-0.05, 0) is 0 Å². The maximum absolute atomic E-state index is 11.9. The van der Waals surface area contributed by atoms with E-state index in [1.807, 2.05) is 0 Å². The maximum atomic E-state index is 11.9. The van der Waals surface area contributed by atoms with Crippen LogP contribution in [0.5, 0.6) is 0 Å². The lowest BCUT2D eigenvalue weighted by Gasteiger charge is -2.23. The molecule has 1 fully saturated rings. The highest BCUT2D eigenvalue weighted by Gasteiger charge is 2.50. The molecule has 29 heavy (non-hydrogen) atoms. The third-order valence-corrected chi connectivity index (χ3v) is 4.24. The highest BCUT2D eigenvalue weighted by Crippen LogP contribution is 2.36. The smallest absolute Gasteiger partial charge is 0.303 e. The molecule has 1 saturated heterocycles. The minimum atomic E-state index is -1.03. The molecule has 0 radical (unpaired) electrons. The van der Waals surface area contributed by atoms with Crippen LogP contribution >= 0.6 is 0 Å². The number of nitrogens with zero attached hydrogens (tertiary/aromatic N) is 3. The Hall–Kier alpha value is -3.28. The Balaban J connectivity index is 1.97. The summed E-state index contributed by atoms with van der Waals surface area (Å²) in [5.41, 5.74) is -0.165. The van der Waals surface area contributed by atoms with Gasteiger partial charge in [0, 0.05) is 27.2 Å². The van der Waals surface area contributed by atoms with Gasteiger partial charge in [-0.15, -0.1) is 0 Å². The first kappa shape index (κ1) is 20.5. The molecule has 0 spiro atoms. The van der Waals surface area contributed by atoms with Gasteiger partial charge in [0.1, 0.15) is 6.10 Å². The molecule has 3 heterocycles. The number of aromatic amines is 1.